The van der Waals surface area contributed by atoms with Crippen LogP contribution in [0, 0.1) is 5.82 Å². The molecule has 7 nitrogen and oxygen atoms in total. The molecule has 10 heteroatoms. The van der Waals surface area contributed by atoms with Crippen LogP contribution in [-0.4, -0.2) is 60.0 Å². The molecule has 2 unspecified atom stereocenters. The molecule has 1 saturated heterocycles. The van der Waals surface area contributed by atoms with Gasteiger partial charge in [0.05, 0.1) is 31.0 Å². The summed E-state index contributed by atoms with van der Waals surface area (Å²) in [6.45, 7) is -0.288. The maximum Gasteiger partial charge on any atom is 0.414 e. The van der Waals surface area contributed by atoms with E-state index in [1.54, 1.807) is 0 Å². The quantitative estimate of drug-likeness (QED) is 0.694. The predicted molar refractivity (Wildman–Crippen MR) is 91.6 cm³/mol. The lowest BCUT2D eigenvalue weighted by Crippen LogP contribution is -2.37. The molecule has 1 aromatic carbocycles. The maximum atomic E-state index is 14.6. The normalized spacial score (nSPS) is 27.8. The standard InChI is InChI=1S/C18H21F3N2O5/c19-13-6-10(2-3-12(13)9-1-4-14(24)15(25)5-9)23-8-11(28-18(23)27)7-22-17(26)16(20)21/h2-3,6,9,11,14-16,24-25H,1,4-5,7-8H2,(H,22,26)/t9?,11-,14?,15-/m0/s1. The Labute approximate surface area is 159 Å². The summed E-state index contributed by atoms with van der Waals surface area (Å²) in [4.78, 5) is 24.1. The fraction of sp³-hybridized carbons (Fsp3) is 0.556. The van der Waals surface area contributed by atoms with Gasteiger partial charge in [-0.1, -0.05) is 6.07 Å². The number of nitrogens with one attached hydrogen (secondary N) is 1. The van der Waals surface area contributed by atoms with Crippen LogP contribution in [0.5, 0.6) is 0 Å². The third kappa shape index (κ3) is 4.39. The van der Waals surface area contributed by atoms with Gasteiger partial charge in [0.25, 0.3) is 5.91 Å². The number of aliphatic hydroxyl groups excluding tert-OH is 2. The Kier molecular flexibility index (Phi) is 6.09. The predicted octanol–water partition coefficient (Wildman–Crippen LogP) is 1.52. The number of ether oxygens (including phenoxy) is 1. The molecule has 28 heavy (non-hydrogen) atoms. The highest BCUT2D eigenvalue weighted by Crippen LogP contribution is 2.36. The van der Waals surface area contributed by atoms with Gasteiger partial charge < -0.3 is 20.3 Å². The molecule has 1 aliphatic carbocycles. The first-order valence-corrected chi connectivity index (χ1v) is 8.96. The van der Waals surface area contributed by atoms with Gasteiger partial charge in [-0.3, -0.25) is 9.69 Å². The molecule has 3 rings (SSSR count). The summed E-state index contributed by atoms with van der Waals surface area (Å²) in [5.41, 5.74) is 0.633. The molecule has 0 aromatic heterocycles. The summed E-state index contributed by atoms with van der Waals surface area (Å²) < 4.78 is 44.0. The molecule has 2 aliphatic rings. The van der Waals surface area contributed by atoms with Crippen molar-refractivity contribution in [1.82, 2.24) is 5.32 Å². The van der Waals surface area contributed by atoms with E-state index in [9.17, 15) is 33.0 Å². The van der Waals surface area contributed by atoms with Crippen LogP contribution in [0.2, 0.25) is 0 Å². The van der Waals surface area contributed by atoms with Crippen LogP contribution in [0.25, 0.3) is 0 Å². The largest absolute Gasteiger partial charge is 0.442 e. The Morgan fingerprint density at radius 1 is 1.29 bits per heavy atom. The smallest absolute Gasteiger partial charge is 0.414 e. The molecule has 4 atom stereocenters. The van der Waals surface area contributed by atoms with Gasteiger partial charge in [0, 0.05) is 0 Å². The minimum Gasteiger partial charge on any atom is -0.442 e. The summed E-state index contributed by atoms with van der Waals surface area (Å²) in [6, 6.07) is 4.24. The summed E-state index contributed by atoms with van der Waals surface area (Å²) in [6.07, 6.45) is -5.31. The fourth-order valence-corrected chi connectivity index (χ4v) is 3.56. The highest BCUT2D eigenvalue weighted by Gasteiger charge is 2.34. The van der Waals surface area contributed by atoms with Crippen LogP contribution in [0.4, 0.5) is 23.7 Å². The minimum atomic E-state index is -3.16. The van der Waals surface area contributed by atoms with E-state index in [2.05, 4.69) is 0 Å². The van der Waals surface area contributed by atoms with E-state index in [0.29, 0.717) is 18.4 Å². The maximum absolute atomic E-state index is 14.6. The van der Waals surface area contributed by atoms with Crippen LogP contribution < -0.4 is 10.2 Å². The van der Waals surface area contributed by atoms with Crippen molar-refractivity contribution in [2.45, 2.75) is 49.9 Å². The lowest BCUT2D eigenvalue weighted by molar-refractivity contribution is -0.132. The fourth-order valence-electron chi connectivity index (χ4n) is 3.56. The Morgan fingerprint density at radius 3 is 2.68 bits per heavy atom. The van der Waals surface area contributed by atoms with Crippen LogP contribution in [0.15, 0.2) is 18.2 Å². The Bertz CT molecular complexity index is 748. The molecule has 2 amide bonds. The molecular weight excluding hydrogens is 381 g/mol. The SMILES string of the molecule is O=C(NC[C@H]1CN(c2ccc(C3CCC(O)[C@@H](O)C3)c(F)c2)C(=O)O1)C(F)F. The molecule has 1 aliphatic heterocycles. The molecule has 1 saturated carbocycles. The third-order valence-corrected chi connectivity index (χ3v) is 5.09. The number of alkyl halides is 2. The average molecular weight is 402 g/mol. The van der Waals surface area contributed by atoms with Gasteiger partial charge in [-0.2, -0.15) is 8.78 Å². The molecule has 154 valence electrons. The van der Waals surface area contributed by atoms with E-state index in [0.717, 1.165) is 4.90 Å². The van der Waals surface area contributed by atoms with Crippen molar-refractivity contribution in [3.63, 3.8) is 0 Å². The number of hydrogen-bond acceptors (Lipinski definition) is 5. The highest BCUT2D eigenvalue weighted by atomic mass is 19.3. The zero-order valence-electron chi connectivity index (χ0n) is 14.9. The highest BCUT2D eigenvalue weighted by molar-refractivity contribution is 5.90. The number of carbonyl (C=O) groups excluding carboxylic acids is 2. The van der Waals surface area contributed by atoms with E-state index in [4.69, 9.17) is 4.74 Å². The third-order valence-electron chi connectivity index (χ3n) is 5.09. The summed E-state index contributed by atoms with van der Waals surface area (Å²) in [5, 5.41) is 21.4. The number of amides is 2. The van der Waals surface area contributed by atoms with Gasteiger partial charge in [-0.05, 0) is 42.9 Å². The number of cyclic esters (lactones) is 1. The zero-order valence-corrected chi connectivity index (χ0v) is 14.9. The molecule has 0 spiro atoms. The first-order valence-electron chi connectivity index (χ1n) is 8.96. The van der Waals surface area contributed by atoms with Crippen molar-refractivity contribution in [2.75, 3.05) is 18.0 Å². The molecule has 3 N–H and O–H groups in total. The minimum absolute atomic E-state index is 0.0184. The molecule has 1 aromatic rings. The van der Waals surface area contributed by atoms with Crippen LogP contribution in [0.1, 0.15) is 30.7 Å². The lowest BCUT2D eigenvalue weighted by atomic mass is 9.81. The van der Waals surface area contributed by atoms with Gasteiger partial charge >= 0.3 is 12.5 Å². The molecule has 0 radical (unpaired) electrons. The number of rotatable bonds is 5. The molecule has 0 bridgehead atoms. The Balaban J connectivity index is 1.65. The van der Waals surface area contributed by atoms with Crippen molar-refractivity contribution in [1.29, 1.82) is 0 Å². The first kappa shape index (κ1) is 20.4. The number of hydrogen-bond donors (Lipinski definition) is 3. The van der Waals surface area contributed by atoms with Crippen molar-refractivity contribution >= 4 is 17.7 Å². The van der Waals surface area contributed by atoms with Crippen LogP contribution in [0.3, 0.4) is 0 Å². The summed E-state index contributed by atoms with van der Waals surface area (Å²) in [5.74, 6) is -2.24. The summed E-state index contributed by atoms with van der Waals surface area (Å²) >= 11 is 0. The molecule has 2 fully saturated rings. The monoisotopic (exact) mass is 402 g/mol. The number of aliphatic hydroxyl groups is 2. The van der Waals surface area contributed by atoms with Gasteiger partial charge in [-0.15, -0.1) is 0 Å². The second-order valence-corrected chi connectivity index (χ2v) is 7.01. The first-order chi connectivity index (χ1) is 13.3. The zero-order chi connectivity index (χ0) is 20.4. The number of anilines is 1. The van der Waals surface area contributed by atoms with E-state index in [-0.39, 0.29) is 31.1 Å². The number of nitrogens with zero attached hydrogens (tertiary/aromatic N) is 1. The summed E-state index contributed by atoms with van der Waals surface area (Å²) in [7, 11) is 0. The van der Waals surface area contributed by atoms with E-state index in [1.807, 2.05) is 5.32 Å². The number of halogens is 3. The second kappa shape index (κ2) is 8.36. The van der Waals surface area contributed by atoms with Crippen LogP contribution >= 0.6 is 0 Å². The lowest BCUT2D eigenvalue weighted by Gasteiger charge is -2.30. The second-order valence-electron chi connectivity index (χ2n) is 7.01. The number of carbonyl (C=O) groups is 2. The van der Waals surface area contributed by atoms with Crippen LogP contribution in [-0.2, 0) is 9.53 Å². The van der Waals surface area contributed by atoms with Gasteiger partial charge in [0.1, 0.15) is 11.9 Å². The van der Waals surface area contributed by atoms with E-state index < -0.39 is 42.6 Å². The van der Waals surface area contributed by atoms with Gasteiger partial charge in [0.2, 0.25) is 0 Å². The van der Waals surface area contributed by atoms with Crippen molar-refractivity contribution in [3.05, 3.63) is 29.6 Å². The van der Waals surface area contributed by atoms with Crippen molar-refractivity contribution in [3.8, 4) is 0 Å². The van der Waals surface area contributed by atoms with Gasteiger partial charge in [0.15, 0.2) is 0 Å². The van der Waals surface area contributed by atoms with E-state index >= 15 is 0 Å². The van der Waals surface area contributed by atoms with Crippen molar-refractivity contribution < 1.29 is 37.7 Å². The molecular formula is C18H21F3N2O5. The number of benzene rings is 1. The molecule has 1 heterocycles. The Morgan fingerprint density at radius 2 is 2.04 bits per heavy atom. The van der Waals surface area contributed by atoms with Crippen molar-refractivity contribution in [2.24, 2.45) is 0 Å². The Hall–Kier alpha value is -2.33. The van der Waals surface area contributed by atoms with E-state index in [1.165, 1.54) is 18.2 Å². The average Bonchev–Trinajstić information content (AvgIpc) is 3.02. The topological polar surface area (TPSA) is 99.1 Å². The van der Waals surface area contributed by atoms with Gasteiger partial charge in [-0.25, -0.2) is 9.18 Å².